The lowest BCUT2D eigenvalue weighted by atomic mass is 10.0. The molecule has 34 heavy (non-hydrogen) atoms. The summed E-state index contributed by atoms with van der Waals surface area (Å²) in [7, 11) is 0. The molecule has 7 heteroatoms. The van der Waals surface area contributed by atoms with Gasteiger partial charge >= 0.3 is 11.9 Å². The normalized spacial score (nSPS) is 10.7. The smallest absolute Gasteiger partial charge is 0.305 e. The van der Waals surface area contributed by atoms with Gasteiger partial charge in [-0.1, -0.05) is 88.5 Å². The fourth-order valence-corrected chi connectivity index (χ4v) is 3.90. The number of hydrogen-bond donors (Lipinski definition) is 2. The molecular formula is C27H40NO6. The van der Waals surface area contributed by atoms with Crippen molar-refractivity contribution in [2.45, 2.75) is 103 Å². The summed E-state index contributed by atoms with van der Waals surface area (Å²) in [6.07, 6.45) is 15.4. The standard InChI is InChI=1S/C27H40NO6/c29-22-24-17-15-23(16-18-24)21-28(20-19-27(33)34)25(30)13-11-9-7-5-3-1-2-4-6-8-10-12-14-26(31)32/h15-18H,1-14,19-21H2,(H,31,32)(H,33,34). The molecule has 1 radical (unpaired) electrons. The minimum absolute atomic E-state index is 0.0318. The van der Waals surface area contributed by atoms with E-state index < -0.39 is 11.9 Å². The van der Waals surface area contributed by atoms with Gasteiger partial charge in [0, 0.05) is 31.5 Å². The summed E-state index contributed by atoms with van der Waals surface area (Å²) in [5, 5.41) is 17.6. The molecule has 0 unspecified atom stereocenters. The predicted octanol–water partition coefficient (Wildman–Crippen LogP) is 5.49. The number of unbranched alkanes of at least 4 members (excludes halogenated alkanes) is 11. The highest BCUT2D eigenvalue weighted by atomic mass is 16.4. The van der Waals surface area contributed by atoms with E-state index >= 15 is 0 Å². The molecule has 0 aliphatic heterocycles. The number of amides is 1. The van der Waals surface area contributed by atoms with Crippen LogP contribution < -0.4 is 0 Å². The Morgan fingerprint density at radius 2 is 1.09 bits per heavy atom. The second kappa shape index (κ2) is 18.7. The van der Waals surface area contributed by atoms with E-state index in [2.05, 4.69) is 0 Å². The number of carbonyl (C=O) groups is 3. The van der Waals surface area contributed by atoms with Gasteiger partial charge in [-0.05, 0) is 18.4 Å². The van der Waals surface area contributed by atoms with Gasteiger partial charge in [-0.2, -0.15) is 0 Å². The van der Waals surface area contributed by atoms with Crippen LogP contribution in [0.2, 0.25) is 0 Å². The monoisotopic (exact) mass is 474 g/mol. The molecule has 0 heterocycles. The maximum atomic E-state index is 12.7. The Labute approximate surface area is 203 Å². The van der Waals surface area contributed by atoms with E-state index in [1.807, 2.05) is 6.29 Å². The average molecular weight is 475 g/mol. The minimum atomic E-state index is -0.929. The van der Waals surface area contributed by atoms with Crippen molar-refractivity contribution < 1.29 is 29.4 Å². The van der Waals surface area contributed by atoms with Crippen molar-refractivity contribution >= 4 is 24.1 Å². The van der Waals surface area contributed by atoms with Crippen molar-refractivity contribution in [3.63, 3.8) is 0 Å². The van der Waals surface area contributed by atoms with Crippen LogP contribution in [0.5, 0.6) is 0 Å². The van der Waals surface area contributed by atoms with Gasteiger partial charge in [0.05, 0.1) is 6.42 Å². The number of carboxylic acids is 2. The third kappa shape index (κ3) is 15.2. The Bertz CT molecular complexity index is 731. The van der Waals surface area contributed by atoms with Crippen LogP contribution in [0.4, 0.5) is 0 Å². The largest absolute Gasteiger partial charge is 0.481 e. The fraction of sp³-hybridized carbons (Fsp3) is 0.630. The molecule has 1 aromatic carbocycles. The second-order valence-electron chi connectivity index (χ2n) is 8.89. The highest BCUT2D eigenvalue weighted by Crippen LogP contribution is 2.14. The van der Waals surface area contributed by atoms with Crippen LogP contribution in [0.15, 0.2) is 24.3 Å². The SMILES string of the molecule is O=[C]c1ccc(CN(CCC(=O)O)C(=O)CCCCCCCCCCCCCCC(=O)O)cc1. The third-order valence-electron chi connectivity index (χ3n) is 5.92. The summed E-state index contributed by atoms with van der Waals surface area (Å²) in [5.41, 5.74) is 1.30. The maximum absolute atomic E-state index is 12.7. The van der Waals surface area contributed by atoms with E-state index in [0.717, 1.165) is 50.5 Å². The number of nitrogens with zero attached hydrogens (tertiary/aromatic N) is 1. The van der Waals surface area contributed by atoms with Crippen LogP contribution in [0, 0.1) is 0 Å². The van der Waals surface area contributed by atoms with Gasteiger partial charge in [0.1, 0.15) is 0 Å². The summed E-state index contributed by atoms with van der Waals surface area (Å²) in [5.74, 6) is -1.67. The van der Waals surface area contributed by atoms with Crippen LogP contribution in [-0.2, 0) is 25.7 Å². The first-order valence-electron chi connectivity index (χ1n) is 12.6. The van der Waals surface area contributed by atoms with E-state index in [1.54, 1.807) is 29.2 Å². The molecule has 0 aromatic heterocycles. The molecule has 0 fully saturated rings. The van der Waals surface area contributed by atoms with Gasteiger partial charge in [-0.15, -0.1) is 0 Å². The summed E-state index contributed by atoms with van der Waals surface area (Å²) >= 11 is 0. The first-order valence-corrected chi connectivity index (χ1v) is 12.6. The predicted molar refractivity (Wildman–Crippen MR) is 131 cm³/mol. The molecule has 0 aliphatic rings. The Morgan fingerprint density at radius 3 is 1.53 bits per heavy atom. The Hall–Kier alpha value is -2.70. The number of rotatable bonds is 21. The van der Waals surface area contributed by atoms with Crippen LogP contribution >= 0.6 is 0 Å². The van der Waals surface area contributed by atoms with Crippen molar-refractivity contribution in [3.05, 3.63) is 35.4 Å². The van der Waals surface area contributed by atoms with E-state index in [9.17, 15) is 19.2 Å². The van der Waals surface area contributed by atoms with Crippen molar-refractivity contribution in [1.29, 1.82) is 0 Å². The summed E-state index contributed by atoms with van der Waals surface area (Å²) in [6.45, 7) is 0.514. The Balaban J connectivity index is 2.15. The fourth-order valence-electron chi connectivity index (χ4n) is 3.90. The van der Waals surface area contributed by atoms with Gasteiger partial charge in [0.15, 0.2) is 0 Å². The molecule has 189 valence electrons. The lowest BCUT2D eigenvalue weighted by Gasteiger charge is -2.22. The van der Waals surface area contributed by atoms with Crippen molar-refractivity contribution in [1.82, 2.24) is 4.90 Å². The van der Waals surface area contributed by atoms with Gasteiger partial charge in [-0.25, -0.2) is 0 Å². The molecule has 1 aromatic rings. The lowest BCUT2D eigenvalue weighted by molar-refractivity contribution is -0.139. The van der Waals surface area contributed by atoms with Crippen LogP contribution in [-0.4, -0.2) is 45.8 Å². The van der Waals surface area contributed by atoms with Crippen molar-refractivity contribution in [2.24, 2.45) is 0 Å². The van der Waals surface area contributed by atoms with E-state index in [0.29, 0.717) is 18.5 Å². The molecule has 1 amide bonds. The number of aliphatic carboxylic acids is 2. The summed E-state index contributed by atoms with van der Waals surface area (Å²) in [6, 6.07) is 6.82. The molecule has 0 atom stereocenters. The zero-order valence-electron chi connectivity index (χ0n) is 20.3. The highest BCUT2D eigenvalue weighted by Gasteiger charge is 2.15. The van der Waals surface area contributed by atoms with Crippen LogP contribution in [0.3, 0.4) is 0 Å². The molecule has 0 bridgehead atoms. The molecule has 0 aliphatic carbocycles. The Morgan fingerprint density at radius 1 is 0.647 bits per heavy atom. The van der Waals surface area contributed by atoms with Gasteiger partial charge in [0.2, 0.25) is 12.2 Å². The second-order valence-corrected chi connectivity index (χ2v) is 8.89. The molecule has 0 spiro atoms. The lowest BCUT2D eigenvalue weighted by Crippen LogP contribution is -2.32. The molecule has 1 rings (SSSR count). The highest BCUT2D eigenvalue weighted by molar-refractivity contribution is 5.77. The van der Waals surface area contributed by atoms with Crippen LogP contribution in [0.25, 0.3) is 0 Å². The van der Waals surface area contributed by atoms with Crippen molar-refractivity contribution in [3.8, 4) is 0 Å². The molecule has 0 saturated heterocycles. The van der Waals surface area contributed by atoms with Gasteiger partial charge in [0.25, 0.3) is 0 Å². The average Bonchev–Trinajstić information content (AvgIpc) is 2.81. The summed E-state index contributed by atoms with van der Waals surface area (Å²) in [4.78, 5) is 46.3. The first kappa shape index (κ1) is 29.3. The zero-order valence-corrected chi connectivity index (χ0v) is 20.3. The first-order chi connectivity index (χ1) is 16.4. The number of hydrogen-bond acceptors (Lipinski definition) is 4. The van der Waals surface area contributed by atoms with E-state index in [4.69, 9.17) is 10.2 Å². The maximum Gasteiger partial charge on any atom is 0.305 e. The molecule has 2 N–H and O–H groups in total. The van der Waals surface area contributed by atoms with E-state index in [1.165, 1.54) is 32.1 Å². The Kier molecular flexibility index (Phi) is 16.1. The van der Waals surface area contributed by atoms with Crippen molar-refractivity contribution in [2.75, 3.05) is 6.54 Å². The minimum Gasteiger partial charge on any atom is -0.481 e. The van der Waals surface area contributed by atoms with Crippen LogP contribution in [0.1, 0.15) is 107 Å². The number of carboxylic acid groups (broad SMARTS) is 2. The summed E-state index contributed by atoms with van der Waals surface area (Å²) < 4.78 is 0. The zero-order chi connectivity index (χ0) is 25.0. The van der Waals surface area contributed by atoms with Gasteiger partial charge < -0.3 is 15.1 Å². The number of benzene rings is 1. The molecule has 7 nitrogen and oxygen atoms in total. The molecular weight excluding hydrogens is 434 g/mol. The third-order valence-corrected chi connectivity index (χ3v) is 5.92. The topological polar surface area (TPSA) is 112 Å². The van der Waals surface area contributed by atoms with Gasteiger partial charge in [-0.3, -0.25) is 19.2 Å². The molecule has 0 saturated carbocycles. The van der Waals surface area contributed by atoms with E-state index in [-0.39, 0.29) is 25.3 Å². The quantitative estimate of drug-likeness (QED) is 0.228. The number of carbonyl (C=O) groups excluding carboxylic acids is 2.